The normalized spacial score (nSPS) is 38.3. The third kappa shape index (κ3) is 2.85. The molecule has 2 atom stereocenters. The second-order valence-corrected chi connectivity index (χ2v) is 6.52. The molecule has 2 heterocycles. The molecule has 1 saturated carbocycles. The van der Waals surface area contributed by atoms with Crippen LogP contribution in [-0.2, 0) is 0 Å². The Bertz CT molecular complexity index is 235. The first-order valence-electron chi connectivity index (χ1n) is 7.80. The van der Waals surface area contributed by atoms with Gasteiger partial charge >= 0.3 is 0 Å². The highest BCUT2D eigenvalue weighted by Crippen LogP contribution is 2.36. The average molecular weight is 236 g/mol. The SMILES string of the molecule is CNC1CC2CCCC(C1)N2CCCC1CC1. The van der Waals surface area contributed by atoms with Crippen molar-refractivity contribution >= 4 is 0 Å². The van der Waals surface area contributed by atoms with E-state index >= 15 is 0 Å². The van der Waals surface area contributed by atoms with Gasteiger partial charge in [0.1, 0.15) is 0 Å². The lowest BCUT2D eigenvalue weighted by molar-refractivity contribution is 0.0245. The summed E-state index contributed by atoms with van der Waals surface area (Å²) in [6, 6.07) is 2.60. The maximum absolute atomic E-state index is 3.51. The van der Waals surface area contributed by atoms with Crippen LogP contribution >= 0.6 is 0 Å². The lowest BCUT2D eigenvalue weighted by Gasteiger charge is -2.49. The Kier molecular flexibility index (Phi) is 3.72. The van der Waals surface area contributed by atoms with Gasteiger partial charge in [0.05, 0.1) is 0 Å². The zero-order valence-electron chi connectivity index (χ0n) is 11.3. The van der Waals surface area contributed by atoms with Crippen molar-refractivity contribution < 1.29 is 0 Å². The average Bonchev–Trinajstić information content (AvgIpc) is 3.12. The van der Waals surface area contributed by atoms with Gasteiger partial charge in [-0.15, -0.1) is 0 Å². The zero-order valence-corrected chi connectivity index (χ0v) is 11.3. The lowest BCUT2D eigenvalue weighted by Crippen LogP contribution is -2.55. The third-order valence-corrected chi connectivity index (χ3v) is 5.26. The first kappa shape index (κ1) is 12.0. The molecular weight excluding hydrogens is 208 g/mol. The van der Waals surface area contributed by atoms with Gasteiger partial charge in [-0.2, -0.15) is 0 Å². The highest BCUT2D eigenvalue weighted by atomic mass is 15.2. The minimum Gasteiger partial charge on any atom is -0.317 e. The molecule has 2 saturated heterocycles. The predicted molar refractivity (Wildman–Crippen MR) is 72.2 cm³/mol. The molecule has 1 aliphatic carbocycles. The van der Waals surface area contributed by atoms with Gasteiger partial charge in [-0.05, 0) is 58.0 Å². The van der Waals surface area contributed by atoms with Crippen molar-refractivity contribution in [2.24, 2.45) is 5.92 Å². The Hall–Kier alpha value is -0.0800. The number of hydrogen-bond acceptors (Lipinski definition) is 2. The van der Waals surface area contributed by atoms with Gasteiger partial charge in [-0.3, -0.25) is 4.90 Å². The molecule has 2 heteroatoms. The Morgan fingerprint density at radius 3 is 2.35 bits per heavy atom. The minimum absolute atomic E-state index is 0.796. The Labute approximate surface area is 106 Å². The molecule has 0 amide bonds. The van der Waals surface area contributed by atoms with E-state index in [9.17, 15) is 0 Å². The highest BCUT2D eigenvalue weighted by Gasteiger charge is 2.37. The molecule has 2 bridgehead atoms. The van der Waals surface area contributed by atoms with E-state index in [1.54, 1.807) is 0 Å². The van der Waals surface area contributed by atoms with Crippen LogP contribution in [0.3, 0.4) is 0 Å². The fourth-order valence-electron chi connectivity index (χ4n) is 4.05. The molecule has 3 fully saturated rings. The maximum atomic E-state index is 3.51. The molecule has 3 aliphatic rings. The van der Waals surface area contributed by atoms with Crippen LogP contribution in [0.4, 0.5) is 0 Å². The largest absolute Gasteiger partial charge is 0.317 e. The number of piperidine rings is 2. The molecule has 0 spiro atoms. The fraction of sp³-hybridized carbons (Fsp3) is 1.00. The van der Waals surface area contributed by atoms with Gasteiger partial charge in [-0.1, -0.05) is 19.3 Å². The van der Waals surface area contributed by atoms with E-state index in [-0.39, 0.29) is 0 Å². The first-order valence-corrected chi connectivity index (χ1v) is 7.80. The summed E-state index contributed by atoms with van der Waals surface area (Å²) in [5.41, 5.74) is 0. The van der Waals surface area contributed by atoms with Gasteiger partial charge in [0.25, 0.3) is 0 Å². The van der Waals surface area contributed by atoms with Crippen LogP contribution in [0.5, 0.6) is 0 Å². The predicted octanol–water partition coefficient (Wildman–Crippen LogP) is 2.78. The molecule has 0 aromatic rings. The monoisotopic (exact) mass is 236 g/mol. The highest BCUT2D eigenvalue weighted by molar-refractivity contribution is 4.94. The van der Waals surface area contributed by atoms with Gasteiger partial charge in [-0.25, -0.2) is 0 Å². The second kappa shape index (κ2) is 5.27. The van der Waals surface area contributed by atoms with Crippen molar-refractivity contribution in [3.05, 3.63) is 0 Å². The van der Waals surface area contributed by atoms with E-state index in [1.165, 1.54) is 64.3 Å². The van der Waals surface area contributed by atoms with E-state index in [0.717, 1.165) is 24.0 Å². The van der Waals surface area contributed by atoms with Crippen molar-refractivity contribution in [2.45, 2.75) is 75.9 Å². The van der Waals surface area contributed by atoms with E-state index < -0.39 is 0 Å². The first-order chi connectivity index (χ1) is 8.36. The number of nitrogens with zero attached hydrogens (tertiary/aromatic N) is 1. The molecule has 17 heavy (non-hydrogen) atoms. The van der Waals surface area contributed by atoms with Crippen LogP contribution < -0.4 is 5.32 Å². The van der Waals surface area contributed by atoms with Crippen molar-refractivity contribution in [1.29, 1.82) is 0 Å². The van der Waals surface area contributed by atoms with Crippen LogP contribution in [-0.4, -0.2) is 36.6 Å². The van der Waals surface area contributed by atoms with Crippen molar-refractivity contribution in [3.63, 3.8) is 0 Å². The Balaban J connectivity index is 1.51. The van der Waals surface area contributed by atoms with Gasteiger partial charge in [0.15, 0.2) is 0 Å². The smallest absolute Gasteiger partial charge is 0.0113 e. The molecular formula is C15H28N2. The molecule has 3 rings (SSSR count). The van der Waals surface area contributed by atoms with Crippen LogP contribution in [0.15, 0.2) is 0 Å². The Morgan fingerprint density at radius 1 is 1.06 bits per heavy atom. The van der Waals surface area contributed by atoms with Crippen LogP contribution in [0.25, 0.3) is 0 Å². The molecule has 0 aromatic carbocycles. The summed E-state index contributed by atoms with van der Waals surface area (Å²) in [5, 5.41) is 3.51. The number of nitrogens with one attached hydrogen (secondary N) is 1. The summed E-state index contributed by atoms with van der Waals surface area (Å²) in [4.78, 5) is 2.87. The van der Waals surface area contributed by atoms with E-state index in [0.29, 0.717) is 0 Å². The van der Waals surface area contributed by atoms with Gasteiger partial charge in [0.2, 0.25) is 0 Å². The molecule has 0 radical (unpaired) electrons. The topological polar surface area (TPSA) is 15.3 Å². The summed E-state index contributed by atoms with van der Waals surface area (Å²) in [5.74, 6) is 1.12. The minimum atomic E-state index is 0.796. The molecule has 2 unspecified atom stereocenters. The molecule has 2 nitrogen and oxygen atoms in total. The summed E-state index contributed by atoms with van der Waals surface area (Å²) in [6.07, 6.45) is 13.2. The number of hydrogen-bond donors (Lipinski definition) is 1. The number of rotatable bonds is 5. The Morgan fingerprint density at radius 2 is 1.76 bits per heavy atom. The van der Waals surface area contributed by atoms with Gasteiger partial charge in [0, 0.05) is 18.1 Å². The van der Waals surface area contributed by atoms with E-state index in [2.05, 4.69) is 17.3 Å². The van der Waals surface area contributed by atoms with Crippen LogP contribution in [0.2, 0.25) is 0 Å². The summed E-state index contributed by atoms with van der Waals surface area (Å²) < 4.78 is 0. The maximum Gasteiger partial charge on any atom is 0.0113 e. The quantitative estimate of drug-likeness (QED) is 0.789. The van der Waals surface area contributed by atoms with E-state index in [1.807, 2.05) is 0 Å². The molecule has 0 aromatic heterocycles. The second-order valence-electron chi connectivity index (χ2n) is 6.52. The van der Waals surface area contributed by atoms with Crippen molar-refractivity contribution in [3.8, 4) is 0 Å². The zero-order chi connectivity index (χ0) is 11.7. The summed E-state index contributed by atoms with van der Waals surface area (Å²) >= 11 is 0. The lowest BCUT2D eigenvalue weighted by atomic mass is 9.81. The standard InChI is InChI=1S/C15H28N2/c1-16-13-10-14-5-2-6-15(11-13)17(14)9-3-4-12-7-8-12/h12-16H,2-11H2,1H3. The van der Waals surface area contributed by atoms with Crippen LogP contribution in [0.1, 0.15) is 57.8 Å². The van der Waals surface area contributed by atoms with Crippen LogP contribution in [0, 0.1) is 5.92 Å². The van der Waals surface area contributed by atoms with E-state index in [4.69, 9.17) is 0 Å². The van der Waals surface area contributed by atoms with Gasteiger partial charge < -0.3 is 5.32 Å². The van der Waals surface area contributed by atoms with Crippen molar-refractivity contribution in [2.75, 3.05) is 13.6 Å². The van der Waals surface area contributed by atoms with Crippen molar-refractivity contribution in [1.82, 2.24) is 10.2 Å². The fourth-order valence-corrected chi connectivity index (χ4v) is 4.05. The number of fused-ring (bicyclic) bond motifs is 2. The molecule has 1 N–H and O–H groups in total. The third-order valence-electron chi connectivity index (χ3n) is 5.26. The summed E-state index contributed by atoms with van der Waals surface area (Å²) in [7, 11) is 2.14. The molecule has 98 valence electrons. The summed E-state index contributed by atoms with van der Waals surface area (Å²) in [6.45, 7) is 1.39. The molecule has 2 aliphatic heterocycles.